The van der Waals surface area contributed by atoms with Crippen molar-refractivity contribution in [3.8, 4) is 0 Å². The number of rotatable bonds is 8. The van der Waals surface area contributed by atoms with Crippen molar-refractivity contribution in [1.29, 1.82) is 0 Å². The number of piperidine rings is 1. The van der Waals surface area contributed by atoms with Crippen LogP contribution < -0.4 is 16.0 Å². The third kappa shape index (κ3) is 5.51. The number of hydrogen-bond donors (Lipinski definition) is 4. The fraction of sp³-hybridized carbons (Fsp3) is 0.526. The molecule has 4 N–H and O–H groups in total. The van der Waals surface area contributed by atoms with Gasteiger partial charge < -0.3 is 25.8 Å². The van der Waals surface area contributed by atoms with Gasteiger partial charge in [0.05, 0.1) is 24.7 Å². The van der Waals surface area contributed by atoms with Gasteiger partial charge in [0.15, 0.2) is 0 Å². The molecule has 148 valence electrons. The van der Waals surface area contributed by atoms with Crippen LogP contribution in [0.1, 0.15) is 25.3 Å². The van der Waals surface area contributed by atoms with Gasteiger partial charge in [0.25, 0.3) is 0 Å². The molecule has 8 heteroatoms. The molecule has 0 aliphatic carbocycles. The first-order valence-corrected chi connectivity index (χ1v) is 8.97. The molecule has 0 spiro atoms. The zero-order valence-electron chi connectivity index (χ0n) is 15.7. The minimum absolute atomic E-state index is 0.0338. The largest absolute Gasteiger partial charge is 0.391 e. The molecule has 3 atom stereocenters. The predicted molar refractivity (Wildman–Crippen MR) is 98.5 cm³/mol. The van der Waals surface area contributed by atoms with Gasteiger partial charge in [-0.05, 0) is 18.9 Å². The lowest BCUT2D eigenvalue weighted by atomic mass is 9.78. The molecule has 1 aromatic rings. The van der Waals surface area contributed by atoms with Crippen LogP contribution in [0.15, 0.2) is 30.3 Å². The monoisotopic (exact) mass is 377 g/mol. The van der Waals surface area contributed by atoms with Gasteiger partial charge in [-0.15, -0.1) is 0 Å². The maximum absolute atomic E-state index is 13.0. The number of ether oxygens (including phenoxy) is 1. The van der Waals surface area contributed by atoms with E-state index in [-0.39, 0.29) is 18.9 Å². The van der Waals surface area contributed by atoms with E-state index in [0.717, 1.165) is 5.56 Å². The van der Waals surface area contributed by atoms with E-state index in [1.165, 1.54) is 14.0 Å². The quantitative estimate of drug-likeness (QED) is 0.497. The smallest absolute Gasteiger partial charge is 0.245 e. The van der Waals surface area contributed by atoms with Crippen LogP contribution in [0.5, 0.6) is 0 Å². The maximum Gasteiger partial charge on any atom is 0.245 e. The fourth-order valence-corrected chi connectivity index (χ4v) is 3.08. The van der Waals surface area contributed by atoms with E-state index >= 15 is 0 Å². The summed E-state index contributed by atoms with van der Waals surface area (Å²) in [6.07, 6.45) is -0.721. The van der Waals surface area contributed by atoms with E-state index in [2.05, 4.69) is 16.0 Å². The summed E-state index contributed by atoms with van der Waals surface area (Å²) in [6, 6.07) is 8.42. The molecule has 3 amide bonds. The minimum Gasteiger partial charge on any atom is -0.391 e. The molecular weight excluding hydrogens is 350 g/mol. The van der Waals surface area contributed by atoms with Crippen molar-refractivity contribution < 1.29 is 24.2 Å². The first-order valence-electron chi connectivity index (χ1n) is 8.97. The van der Waals surface area contributed by atoms with Crippen molar-refractivity contribution >= 4 is 17.7 Å². The lowest BCUT2D eigenvalue weighted by molar-refractivity contribution is -0.147. The molecule has 0 bridgehead atoms. The highest BCUT2D eigenvalue weighted by Crippen LogP contribution is 2.31. The van der Waals surface area contributed by atoms with Gasteiger partial charge in [-0.3, -0.25) is 14.4 Å². The van der Waals surface area contributed by atoms with Gasteiger partial charge >= 0.3 is 0 Å². The summed E-state index contributed by atoms with van der Waals surface area (Å²) >= 11 is 0. The molecule has 1 saturated heterocycles. The van der Waals surface area contributed by atoms with E-state index in [0.29, 0.717) is 19.6 Å². The number of aliphatic hydroxyl groups is 1. The van der Waals surface area contributed by atoms with Gasteiger partial charge in [0.2, 0.25) is 17.7 Å². The van der Waals surface area contributed by atoms with Gasteiger partial charge in [0, 0.05) is 20.0 Å². The molecule has 2 rings (SSSR count). The summed E-state index contributed by atoms with van der Waals surface area (Å²) in [5, 5.41) is 17.5. The van der Waals surface area contributed by atoms with Gasteiger partial charge in [-0.2, -0.15) is 0 Å². The molecule has 1 aliphatic rings. The van der Waals surface area contributed by atoms with E-state index in [9.17, 15) is 19.5 Å². The standard InChI is InChI=1S/C19H27N3O5/c1-13(23)16(17(25)20-2)22-18(26)19(8-9-21-15(24)10-19)12-27-11-14-6-4-3-5-7-14/h3-7,13,16,23H,8-12H2,1-2H3,(H,20,25)(H,21,24)(H,22,26). The number of hydrogen-bond acceptors (Lipinski definition) is 5. The Morgan fingerprint density at radius 2 is 2.04 bits per heavy atom. The van der Waals surface area contributed by atoms with Gasteiger partial charge in [-0.1, -0.05) is 30.3 Å². The Morgan fingerprint density at radius 3 is 2.63 bits per heavy atom. The van der Waals surface area contributed by atoms with Crippen molar-refractivity contribution in [2.24, 2.45) is 5.41 Å². The number of aliphatic hydroxyl groups excluding tert-OH is 1. The lowest BCUT2D eigenvalue weighted by Gasteiger charge is -2.36. The van der Waals surface area contributed by atoms with E-state index in [1.54, 1.807) is 0 Å². The van der Waals surface area contributed by atoms with Crippen LogP contribution in [-0.2, 0) is 25.7 Å². The molecule has 0 aromatic heterocycles. The first kappa shape index (κ1) is 20.9. The van der Waals surface area contributed by atoms with Crippen molar-refractivity contribution in [3.05, 3.63) is 35.9 Å². The van der Waals surface area contributed by atoms with Crippen molar-refractivity contribution in [1.82, 2.24) is 16.0 Å². The fourth-order valence-electron chi connectivity index (χ4n) is 3.08. The Morgan fingerprint density at radius 1 is 1.33 bits per heavy atom. The molecule has 3 unspecified atom stereocenters. The molecule has 0 saturated carbocycles. The number of carbonyl (C=O) groups excluding carboxylic acids is 3. The number of likely N-dealkylation sites (N-methyl/N-ethyl adjacent to an activating group) is 1. The molecule has 1 aromatic carbocycles. The van der Waals surface area contributed by atoms with Crippen LogP contribution in [0.3, 0.4) is 0 Å². The Labute approximate surface area is 158 Å². The Kier molecular flexibility index (Phi) is 7.32. The van der Waals surface area contributed by atoms with Gasteiger partial charge in [0.1, 0.15) is 6.04 Å². The van der Waals surface area contributed by atoms with Crippen molar-refractivity contribution in [2.45, 2.75) is 38.5 Å². The van der Waals surface area contributed by atoms with Crippen LogP contribution in [0.25, 0.3) is 0 Å². The van der Waals surface area contributed by atoms with Crippen molar-refractivity contribution in [3.63, 3.8) is 0 Å². The highest BCUT2D eigenvalue weighted by atomic mass is 16.5. The Balaban J connectivity index is 2.10. The highest BCUT2D eigenvalue weighted by Gasteiger charge is 2.44. The predicted octanol–water partition coefficient (Wildman–Crippen LogP) is -0.289. The van der Waals surface area contributed by atoms with E-state index in [4.69, 9.17) is 4.74 Å². The van der Waals surface area contributed by atoms with E-state index < -0.39 is 29.4 Å². The van der Waals surface area contributed by atoms with Crippen molar-refractivity contribution in [2.75, 3.05) is 20.2 Å². The second kappa shape index (κ2) is 9.48. The van der Waals surface area contributed by atoms with Gasteiger partial charge in [-0.25, -0.2) is 0 Å². The molecular formula is C19H27N3O5. The second-order valence-electron chi connectivity index (χ2n) is 6.84. The summed E-state index contributed by atoms with van der Waals surface area (Å²) in [5.74, 6) is -1.22. The molecule has 1 aliphatic heterocycles. The maximum atomic E-state index is 13.0. The average Bonchev–Trinajstić information content (AvgIpc) is 2.66. The third-order valence-corrected chi connectivity index (χ3v) is 4.69. The highest BCUT2D eigenvalue weighted by molar-refractivity contribution is 5.93. The average molecular weight is 377 g/mol. The zero-order chi connectivity index (χ0) is 19.9. The van der Waals surface area contributed by atoms with Crippen LogP contribution in [0.4, 0.5) is 0 Å². The Hall–Kier alpha value is -2.45. The number of benzene rings is 1. The zero-order valence-corrected chi connectivity index (χ0v) is 15.7. The number of nitrogens with one attached hydrogen (secondary N) is 3. The summed E-state index contributed by atoms with van der Waals surface area (Å²) in [4.78, 5) is 36.9. The summed E-state index contributed by atoms with van der Waals surface area (Å²) in [7, 11) is 1.43. The normalized spacial score (nSPS) is 21.7. The Bertz CT molecular complexity index is 665. The molecule has 8 nitrogen and oxygen atoms in total. The minimum atomic E-state index is -1.10. The number of carbonyl (C=O) groups is 3. The molecule has 1 heterocycles. The molecule has 27 heavy (non-hydrogen) atoms. The summed E-state index contributed by atoms with van der Waals surface area (Å²) < 4.78 is 5.76. The molecule has 0 radical (unpaired) electrons. The third-order valence-electron chi connectivity index (χ3n) is 4.69. The lowest BCUT2D eigenvalue weighted by Crippen LogP contribution is -2.58. The van der Waals surface area contributed by atoms with Crippen LogP contribution in [0, 0.1) is 5.41 Å². The van der Waals surface area contributed by atoms with Crippen LogP contribution in [0.2, 0.25) is 0 Å². The second-order valence-corrected chi connectivity index (χ2v) is 6.84. The number of amides is 3. The SMILES string of the molecule is CNC(=O)C(NC(=O)C1(COCc2ccccc2)CCNC(=O)C1)C(C)O. The molecule has 1 fully saturated rings. The van der Waals surface area contributed by atoms with Crippen LogP contribution in [-0.4, -0.2) is 55.2 Å². The van der Waals surface area contributed by atoms with Crippen LogP contribution >= 0.6 is 0 Å². The first-order chi connectivity index (χ1) is 12.9. The van der Waals surface area contributed by atoms with E-state index in [1.807, 2.05) is 30.3 Å². The summed E-state index contributed by atoms with van der Waals surface area (Å²) in [6.45, 7) is 2.13. The summed E-state index contributed by atoms with van der Waals surface area (Å²) in [5.41, 5.74) is -0.126. The topological polar surface area (TPSA) is 117 Å².